The number of aryl methyl sites for hydroxylation is 1. The van der Waals surface area contributed by atoms with Crippen LogP contribution in [0.5, 0.6) is 0 Å². The van der Waals surface area contributed by atoms with Crippen molar-refractivity contribution in [2.75, 3.05) is 20.2 Å². The van der Waals surface area contributed by atoms with Crippen LogP contribution in [0, 0.1) is 0 Å². The number of benzene rings is 4. The molecule has 2 fully saturated rings. The molecule has 2 N–H and O–H groups in total. The zero-order valence-electron chi connectivity index (χ0n) is 34.5. The molecule has 4 amide bonds. The number of ether oxygens (including phenoxy) is 1. The first-order chi connectivity index (χ1) is 29.1. The van der Waals surface area contributed by atoms with E-state index >= 15 is 0 Å². The molecule has 0 radical (unpaired) electrons. The highest BCUT2D eigenvalue weighted by Crippen LogP contribution is 2.33. The molecule has 0 spiro atoms. The number of amides is 4. The predicted octanol–water partition coefficient (Wildman–Crippen LogP) is 6.77. The van der Waals surface area contributed by atoms with E-state index in [2.05, 4.69) is 46.4 Å². The Morgan fingerprint density at radius 3 is 1.57 bits per heavy atom. The van der Waals surface area contributed by atoms with Gasteiger partial charge in [-0.2, -0.15) is 0 Å². The minimum atomic E-state index is -0.987. The average molecular weight is 812 g/mol. The first-order valence-electron chi connectivity index (χ1n) is 21.0. The van der Waals surface area contributed by atoms with Gasteiger partial charge in [-0.3, -0.25) is 24.0 Å². The average Bonchev–Trinajstić information content (AvgIpc) is 4.02. The van der Waals surface area contributed by atoms with Gasteiger partial charge in [0, 0.05) is 61.2 Å². The van der Waals surface area contributed by atoms with Crippen molar-refractivity contribution < 1.29 is 33.5 Å². The Bertz CT molecular complexity index is 2390. The fourth-order valence-corrected chi connectivity index (χ4v) is 8.91. The second-order valence-corrected chi connectivity index (χ2v) is 15.9. The number of alkyl carbamates (subject to hydrolysis) is 1. The molecule has 4 aromatic carbocycles. The number of hydrogen-bond acceptors (Lipinski definition) is 7. The Morgan fingerprint density at radius 2 is 1.13 bits per heavy atom. The van der Waals surface area contributed by atoms with Crippen LogP contribution in [0.4, 0.5) is 4.79 Å². The van der Waals surface area contributed by atoms with Gasteiger partial charge in [-0.25, -0.2) is 4.79 Å². The smallest absolute Gasteiger partial charge is 0.407 e. The number of Topliss-reactive ketones (excluding diaryl/α,β-unsaturated/α-hetero) is 2. The van der Waals surface area contributed by atoms with Crippen molar-refractivity contribution in [2.24, 2.45) is 0 Å². The Balaban J connectivity index is 1.11. The lowest BCUT2D eigenvalue weighted by Gasteiger charge is -2.28. The van der Waals surface area contributed by atoms with Crippen molar-refractivity contribution in [3.05, 3.63) is 119 Å². The van der Waals surface area contributed by atoms with Crippen LogP contribution >= 0.6 is 0 Å². The summed E-state index contributed by atoms with van der Waals surface area (Å²) in [7, 11) is 1.25. The van der Waals surface area contributed by atoms with Crippen LogP contribution in [0.25, 0.3) is 21.8 Å². The summed E-state index contributed by atoms with van der Waals surface area (Å²) in [4.78, 5) is 83.5. The van der Waals surface area contributed by atoms with E-state index in [9.17, 15) is 28.8 Å². The molecule has 1 aromatic heterocycles. The third-order valence-electron chi connectivity index (χ3n) is 11.9. The number of aromatic nitrogens is 1. The van der Waals surface area contributed by atoms with Crippen LogP contribution in [0.2, 0.25) is 0 Å². The molecule has 7 rings (SSSR count). The SMILES string of the molecule is CCCCn1c2cc(CC(=O)C3CCCN3C(=O)[C@@H](NC(C)=O)c3ccccc3)ccc2c2ccc(CC(=O)[C@@H]3CCCN3C(=O)[C@@H](NC(=O)OC)c3ccccc3)cc21. The molecule has 3 heterocycles. The Kier molecular flexibility index (Phi) is 13.1. The molecule has 12 heteroatoms. The topological polar surface area (TPSA) is 147 Å². The van der Waals surface area contributed by atoms with Gasteiger partial charge < -0.3 is 29.7 Å². The highest BCUT2D eigenvalue weighted by atomic mass is 16.5. The lowest BCUT2D eigenvalue weighted by atomic mass is 9.98. The van der Waals surface area contributed by atoms with Crippen molar-refractivity contribution in [2.45, 2.75) is 95.9 Å². The van der Waals surface area contributed by atoms with E-state index in [1.807, 2.05) is 36.4 Å². The maximum Gasteiger partial charge on any atom is 0.407 e. The summed E-state index contributed by atoms with van der Waals surface area (Å²) in [6, 6.07) is 27.2. The number of nitrogens with zero attached hydrogens (tertiary/aromatic N) is 3. The molecule has 0 saturated carbocycles. The zero-order chi connectivity index (χ0) is 42.3. The van der Waals surface area contributed by atoms with Gasteiger partial charge in [0.15, 0.2) is 11.6 Å². The summed E-state index contributed by atoms with van der Waals surface area (Å²) in [5, 5.41) is 7.55. The van der Waals surface area contributed by atoms with Crippen molar-refractivity contribution >= 4 is 57.2 Å². The van der Waals surface area contributed by atoms with Gasteiger partial charge in [0.05, 0.1) is 19.2 Å². The molecule has 5 aromatic rings. The van der Waals surface area contributed by atoms with Gasteiger partial charge in [0.1, 0.15) is 12.1 Å². The molecule has 2 saturated heterocycles. The molecule has 2 aliphatic heterocycles. The number of methoxy groups -OCH3 is 1. The second-order valence-electron chi connectivity index (χ2n) is 15.9. The molecule has 2 aliphatic rings. The number of rotatable bonds is 15. The summed E-state index contributed by atoms with van der Waals surface area (Å²) < 4.78 is 7.09. The number of nitrogens with one attached hydrogen (secondary N) is 2. The largest absolute Gasteiger partial charge is 0.453 e. The summed E-state index contributed by atoms with van der Waals surface area (Å²) in [5.41, 5.74) is 4.97. The quantitative estimate of drug-likeness (QED) is 0.119. The molecule has 0 bridgehead atoms. The highest BCUT2D eigenvalue weighted by Gasteiger charge is 2.39. The number of hydrogen-bond donors (Lipinski definition) is 2. The normalized spacial score (nSPS) is 17.4. The standard InChI is InChI=1S/C48H53N5O7/c1-4-5-24-51-40-27-32(29-42(55)38-18-12-25-52(38)46(57)44(49-31(2)54)34-14-8-6-9-15-34)20-22-36(40)37-23-21-33(28-41(37)51)30-43(56)39-19-13-26-53(39)47(58)45(50-48(59)60-3)35-16-10-7-11-17-35/h6-11,14-17,20-23,27-28,38-39,44-45H,4-5,12-13,18-19,24-26,29-30H2,1-3H3,(H,49,54)(H,50,59)/t38?,39-,44-,45-/m0/s1. The van der Waals surface area contributed by atoms with Crippen LogP contribution in [-0.4, -0.2) is 82.0 Å². The van der Waals surface area contributed by atoms with Crippen LogP contribution in [0.1, 0.15) is 86.7 Å². The van der Waals surface area contributed by atoms with Gasteiger partial charge in [0.25, 0.3) is 5.91 Å². The Labute approximate surface area is 350 Å². The van der Waals surface area contributed by atoms with E-state index in [1.165, 1.54) is 14.0 Å². The van der Waals surface area contributed by atoms with Gasteiger partial charge in [-0.15, -0.1) is 0 Å². The molecule has 0 aliphatic carbocycles. The minimum Gasteiger partial charge on any atom is -0.453 e. The van der Waals surface area contributed by atoms with Crippen molar-refractivity contribution in [1.82, 2.24) is 25.0 Å². The van der Waals surface area contributed by atoms with E-state index in [0.29, 0.717) is 49.9 Å². The van der Waals surface area contributed by atoms with E-state index in [-0.39, 0.29) is 42.1 Å². The fraction of sp³-hybridized carbons (Fsp3) is 0.375. The Hall–Kier alpha value is -6.30. The summed E-state index contributed by atoms with van der Waals surface area (Å²) in [5.74, 6) is -1.05. The molecule has 4 atom stereocenters. The van der Waals surface area contributed by atoms with Gasteiger partial charge in [0.2, 0.25) is 11.8 Å². The maximum atomic E-state index is 14.0. The minimum absolute atomic E-state index is 0.0394. The van der Waals surface area contributed by atoms with Crippen LogP contribution in [0.15, 0.2) is 97.1 Å². The van der Waals surface area contributed by atoms with Crippen LogP contribution < -0.4 is 10.6 Å². The van der Waals surface area contributed by atoms with Gasteiger partial charge >= 0.3 is 6.09 Å². The highest BCUT2D eigenvalue weighted by molar-refractivity contribution is 6.09. The molecular weight excluding hydrogens is 759 g/mol. The summed E-state index contributed by atoms with van der Waals surface area (Å²) in [6.45, 7) is 5.14. The van der Waals surface area contributed by atoms with E-state index in [1.54, 1.807) is 46.2 Å². The maximum absolute atomic E-state index is 14.0. The van der Waals surface area contributed by atoms with Crippen molar-refractivity contribution in [1.29, 1.82) is 0 Å². The molecule has 1 unspecified atom stereocenters. The number of ketones is 2. The van der Waals surface area contributed by atoms with Crippen molar-refractivity contribution in [3.63, 3.8) is 0 Å². The first kappa shape index (κ1) is 41.8. The Morgan fingerprint density at radius 1 is 0.667 bits per heavy atom. The molecule has 60 heavy (non-hydrogen) atoms. The fourth-order valence-electron chi connectivity index (χ4n) is 8.91. The second kappa shape index (κ2) is 18.7. The van der Waals surface area contributed by atoms with E-state index in [4.69, 9.17) is 4.74 Å². The summed E-state index contributed by atoms with van der Waals surface area (Å²) >= 11 is 0. The zero-order valence-corrected chi connectivity index (χ0v) is 34.5. The lowest BCUT2D eigenvalue weighted by Crippen LogP contribution is -2.47. The number of carbonyl (C=O) groups is 6. The third kappa shape index (κ3) is 8.97. The van der Waals surface area contributed by atoms with E-state index in [0.717, 1.165) is 52.3 Å². The molecular formula is C48H53N5O7. The third-order valence-corrected chi connectivity index (χ3v) is 11.9. The number of likely N-dealkylation sites (tertiary alicyclic amines) is 2. The molecule has 12 nitrogen and oxygen atoms in total. The number of carbonyl (C=O) groups excluding carboxylic acids is 6. The van der Waals surface area contributed by atoms with Gasteiger partial charge in [-0.1, -0.05) is 98.3 Å². The van der Waals surface area contributed by atoms with Gasteiger partial charge in [-0.05, 0) is 66.5 Å². The summed E-state index contributed by atoms with van der Waals surface area (Å²) in [6.07, 6.45) is 3.98. The molecule has 312 valence electrons. The lowest BCUT2D eigenvalue weighted by molar-refractivity contribution is -0.140. The van der Waals surface area contributed by atoms with Crippen molar-refractivity contribution in [3.8, 4) is 0 Å². The predicted molar refractivity (Wildman–Crippen MR) is 229 cm³/mol. The van der Waals surface area contributed by atoms with Crippen LogP contribution in [-0.2, 0) is 48.1 Å². The monoisotopic (exact) mass is 811 g/mol. The van der Waals surface area contributed by atoms with Crippen LogP contribution in [0.3, 0.4) is 0 Å². The number of fused-ring (bicyclic) bond motifs is 3. The number of unbranched alkanes of at least 4 members (excludes halogenated alkanes) is 1. The van der Waals surface area contributed by atoms with E-state index < -0.39 is 30.3 Å². The first-order valence-corrected chi connectivity index (χ1v) is 21.0.